The lowest BCUT2D eigenvalue weighted by Gasteiger charge is -2.13. The molecule has 5 nitrogen and oxygen atoms in total. The Labute approximate surface area is 116 Å². The van der Waals surface area contributed by atoms with E-state index in [4.69, 9.17) is 9.84 Å². The Balaban J connectivity index is 1.92. The zero-order valence-electron chi connectivity index (χ0n) is 11.0. The van der Waals surface area contributed by atoms with Gasteiger partial charge in [0.05, 0.1) is 5.92 Å². The molecule has 0 amide bonds. The van der Waals surface area contributed by atoms with Crippen molar-refractivity contribution in [1.82, 2.24) is 0 Å². The Kier molecular flexibility index (Phi) is 4.50. The predicted octanol–water partition coefficient (Wildman–Crippen LogP) is 1.80. The summed E-state index contributed by atoms with van der Waals surface area (Å²) in [5.41, 5.74) is 0.787. The molecule has 1 aromatic carbocycles. The Morgan fingerprint density at radius 2 is 1.75 bits per heavy atom. The summed E-state index contributed by atoms with van der Waals surface area (Å²) in [4.78, 5) is 34.7. The largest absolute Gasteiger partial charge is 0.481 e. The van der Waals surface area contributed by atoms with Gasteiger partial charge in [-0.2, -0.15) is 0 Å². The van der Waals surface area contributed by atoms with E-state index in [1.165, 1.54) is 0 Å². The summed E-state index contributed by atoms with van der Waals surface area (Å²) >= 11 is 0. The van der Waals surface area contributed by atoms with Gasteiger partial charge in [-0.05, 0) is 18.4 Å². The second-order valence-electron chi connectivity index (χ2n) is 4.91. The highest BCUT2D eigenvalue weighted by molar-refractivity contribution is 6.34. The topological polar surface area (TPSA) is 80.7 Å². The Hall–Kier alpha value is -2.17. The van der Waals surface area contributed by atoms with Gasteiger partial charge in [0, 0.05) is 5.92 Å². The van der Waals surface area contributed by atoms with Gasteiger partial charge in [-0.1, -0.05) is 36.8 Å². The zero-order valence-corrected chi connectivity index (χ0v) is 11.0. The van der Waals surface area contributed by atoms with Crippen molar-refractivity contribution < 1.29 is 24.2 Å². The van der Waals surface area contributed by atoms with Crippen molar-refractivity contribution in [1.29, 1.82) is 0 Å². The molecule has 1 aromatic rings. The number of esters is 1. The van der Waals surface area contributed by atoms with Crippen molar-refractivity contribution in [2.24, 2.45) is 11.8 Å². The molecule has 2 rings (SSSR count). The highest BCUT2D eigenvalue weighted by atomic mass is 16.5. The molecule has 106 valence electrons. The van der Waals surface area contributed by atoms with Gasteiger partial charge >= 0.3 is 11.9 Å². The first kappa shape index (κ1) is 14.2. The van der Waals surface area contributed by atoms with Crippen LogP contribution in [0.5, 0.6) is 0 Å². The molecular weight excluding hydrogens is 260 g/mol. The fraction of sp³-hybridized carbons (Fsp3) is 0.400. The second kappa shape index (κ2) is 6.32. The maximum absolute atomic E-state index is 11.9. The third-order valence-electron chi connectivity index (χ3n) is 3.58. The van der Waals surface area contributed by atoms with E-state index in [9.17, 15) is 14.4 Å². The lowest BCUT2D eigenvalue weighted by atomic mass is 9.92. The van der Waals surface area contributed by atoms with E-state index in [0.717, 1.165) is 5.56 Å². The SMILES string of the molecule is O=C(OCc1ccccc1)C(=O)C1CCC[C@H]1C(=O)O. The quantitative estimate of drug-likeness (QED) is 0.655. The molecule has 1 aliphatic rings. The minimum Gasteiger partial charge on any atom is -0.481 e. The molecular formula is C15H16O5. The highest BCUT2D eigenvalue weighted by Crippen LogP contribution is 2.32. The number of Topliss-reactive ketones (excluding diaryl/α,β-unsaturated/α-hetero) is 1. The van der Waals surface area contributed by atoms with Gasteiger partial charge in [0.25, 0.3) is 0 Å². The van der Waals surface area contributed by atoms with Crippen molar-refractivity contribution in [2.45, 2.75) is 25.9 Å². The van der Waals surface area contributed by atoms with Crippen LogP contribution in [-0.4, -0.2) is 22.8 Å². The van der Waals surface area contributed by atoms with Crippen molar-refractivity contribution in [3.8, 4) is 0 Å². The number of ketones is 1. The molecule has 5 heteroatoms. The summed E-state index contributed by atoms with van der Waals surface area (Å²) in [6, 6.07) is 9.03. The van der Waals surface area contributed by atoms with Crippen molar-refractivity contribution in [3.05, 3.63) is 35.9 Å². The summed E-state index contributed by atoms with van der Waals surface area (Å²) in [7, 11) is 0. The molecule has 20 heavy (non-hydrogen) atoms. The number of carboxylic acids is 1. The van der Waals surface area contributed by atoms with Gasteiger partial charge in [0.15, 0.2) is 0 Å². The maximum Gasteiger partial charge on any atom is 0.375 e. The number of carboxylic acid groups (broad SMARTS) is 1. The number of hydrogen-bond acceptors (Lipinski definition) is 4. The summed E-state index contributed by atoms with van der Waals surface area (Å²) in [5.74, 6) is -4.17. The Bertz CT molecular complexity index is 508. The minimum absolute atomic E-state index is 0.0237. The van der Waals surface area contributed by atoms with E-state index in [1.54, 1.807) is 12.1 Å². The van der Waals surface area contributed by atoms with Crippen LogP contribution >= 0.6 is 0 Å². The number of carbonyl (C=O) groups is 3. The molecule has 0 radical (unpaired) electrons. The van der Waals surface area contributed by atoms with E-state index >= 15 is 0 Å². The highest BCUT2D eigenvalue weighted by Gasteiger charge is 2.40. The number of benzene rings is 1. The van der Waals surface area contributed by atoms with Crippen LogP contribution in [0.4, 0.5) is 0 Å². The number of carbonyl (C=O) groups excluding carboxylic acids is 2. The van der Waals surface area contributed by atoms with Gasteiger partial charge in [-0.15, -0.1) is 0 Å². The van der Waals surface area contributed by atoms with Crippen LogP contribution < -0.4 is 0 Å². The summed E-state index contributed by atoms with van der Waals surface area (Å²) in [5, 5.41) is 9.02. The molecule has 0 heterocycles. The van der Waals surface area contributed by atoms with Gasteiger partial charge in [-0.25, -0.2) is 4.79 Å². The van der Waals surface area contributed by atoms with Crippen LogP contribution in [0.15, 0.2) is 30.3 Å². The van der Waals surface area contributed by atoms with Crippen LogP contribution in [0, 0.1) is 11.8 Å². The average Bonchev–Trinajstić information content (AvgIpc) is 2.94. The summed E-state index contributed by atoms with van der Waals surface area (Å²) in [6.07, 6.45) is 1.54. The molecule has 0 aliphatic heterocycles. The Morgan fingerprint density at radius 3 is 2.40 bits per heavy atom. The molecule has 0 aromatic heterocycles. The van der Waals surface area contributed by atoms with Gasteiger partial charge in [0.2, 0.25) is 5.78 Å². The fourth-order valence-corrected chi connectivity index (χ4v) is 2.52. The molecule has 1 unspecified atom stereocenters. The first-order chi connectivity index (χ1) is 9.59. The van der Waals surface area contributed by atoms with Crippen LogP contribution in [0.3, 0.4) is 0 Å². The molecule has 1 fully saturated rings. The molecule has 0 saturated heterocycles. The van der Waals surface area contributed by atoms with E-state index in [1.807, 2.05) is 18.2 Å². The monoisotopic (exact) mass is 276 g/mol. The smallest absolute Gasteiger partial charge is 0.375 e. The minimum atomic E-state index is -1.02. The predicted molar refractivity (Wildman–Crippen MR) is 69.7 cm³/mol. The van der Waals surface area contributed by atoms with E-state index in [0.29, 0.717) is 19.3 Å². The van der Waals surface area contributed by atoms with E-state index in [-0.39, 0.29) is 6.61 Å². The van der Waals surface area contributed by atoms with Crippen LogP contribution in [-0.2, 0) is 25.7 Å². The van der Waals surface area contributed by atoms with E-state index < -0.39 is 29.6 Å². The molecule has 1 N–H and O–H groups in total. The first-order valence-corrected chi connectivity index (χ1v) is 6.57. The Morgan fingerprint density at radius 1 is 1.10 bits per heavy atom. The third-order valence-corrected chi connectivity index (χ3v) is 3.58. The standard InChI is InChI=1S/C15H16O5/c16-13(11-7-4-8-12(11)14(17)18)15(19)20-9-10-5-2-1-3-6-10/h1-3,5-6,11-12H,4,7-9H2,(H,17,18)/t11?,12-/m1/s1. The van der Waals surface area contributed by atoms with Crippen molar-refractivity contribution in [3.63, 3.8) is 0 Å². The lowest BCUT2D eigenvalue weighted by Crippen LogP contribution is -2.31. The van der Waals surface area contributed by atoms with Crippen LogP contribution in [0.2, 0.25) is 0 Å². The number of hydrogen-bond donors (Lipinski definition) is 1. The summed E-state index contributed by atoms with van der Waals surface area (Å²) in [6.45, 7) is 0.0237. The van der Waals surface area contributed by atoms with Crippen molar-refractivity contribution >= 4 is 17.7 Å². The normalized spacial score (nSPS) is 21.4. The molecule has 2 atom stereocenters. The van der Waals surface area contributed by atoms with Gasteiger partial charge < -0.3 is 9.84 Å². The first-order valence-electron chi connectivity index (χ1n) is 6.57. The second-order valence-corrected chi connectivity index (χ2v) is 4.91. The van der Waals surface area contributed by atoms with Crippen LogP contribution in [0.1, 0.15) is 24.8 Å². The molecule has 1 saturated carbocycles. The van der Waals surface area contributed by atoms with Gasteiger partial charge in [-0.3, -0.25) is 9.59 Å². The van der Waals surface area contributed by atoms with Crippen LogP contribution in [0.25, 0.3) is 0 Å². The lowest BCUT2D eigenvalue weighted by molar-refractivity contribution is -0.158. The molecule has 0 spiro atoms. The van der Waals surface area contributed by atoms with Gasteiger partial charge in [0.1, 0.15) is 6.61 Å². The fourth-order valence-electron chi connectivity index (χ4n) is 2.52. The number of aliphatic carboxylic acids is 1. The zero-order chi connectivity index (χ0) is 14.5. The molecule has 1 aliphatic carbocycles. The van der Waals surface area contributed by atoms with E-state index in [2.05, 4.69) is 0 Å². The maximum atomic E-state index is 11.9. The number of rotatable bonds is 5. The average molecular weight is 276 g/mol. The third kappa shape index (κ3) is 3.23. The molecule has 0 bridgehead atoms. The summed E-state index contributed by atoms with van der Waals surface area (Å²) < 4.78 is 4.95. The van der Waals surface area contributed by atoms with Crippen molar-refractivity contribution in [2.75, 3.05) is 0 Å². The number of ether oxygens (including phenoxy) is 1.